The Labute approximate surface area is 146 Å². The lowest BCUT2D eigenvalue weighted by molar-refractivity contribution is -0.126. The summed E-state index contributed by atoms with van der Waals surface area (Å²) in [6, 6.07) is 16.8. The fourth-order valence-corrected chi connectivity index (χ4v) is 3.12. The van der Waals surface area contributed by atoms with Crippen molar-refractivity contribution in [1.29, 1.82) is 0 Å². The minimum absolute atomic E-state index is 0.0511. The van der Waals surface area contributed by atoms with Crippen LogP contribution in [0.2, 0.25) is 5.02 Å². The molecule has 1 fully saturated rings. The number of rotatable bonds is 4. The Morgan fingerprint density at radius 3 is 2.67 bits per heavy atom. The number of benzene rings is 2. The SMILES string of the molecule is C[C@H](NC(=O)[C@H]1CC(=O)N(c2cccc(Cl)c2)C1)c1ccccc1. The highest BCUT2D eigenvalue weighted by Gasteiger charge is 2.35. The summed E-state index contributed by atoms with van der Waals surface area (Å²) in [7, 11) is 0. The van der Waals surface area contributed by atoms with Gasteiger partial charge in [-0.3, -0.25) is 9.59 Å². The van der Waals surface area contributed by atoms with Gasteiger partial charge in [-0.25, -0.2) is 0 Å². The molecule has 0 unspecified atom stereocenters. The van der Waals surface area contributed by atoms with Crippen LogP contribution < -0.4 is 10.2 Å². The van der Waals surface area contributed by atoms with Gasteiger partial charge in [0.1, 0.15) is 0 Å². The Balaban J connectivity index is 1.66. The van der Waals surface area contributed by atoms with E-state index < -0.39 is 0 Å². The second kappa shape index (κ2) is 7.05. The zero-order valence-corrected chi connectivity index (χ0v) is 14.2. The predicted octanol–water partition coefficient (Wildman–Crippen LogP) is 3.57. The van der Waals surface area contributed by atoms with E-state index >= 15 is 0 Å². The summed E-state index contributed by atoms with van der Waals surface area (Å²) in [6.45, 7) is 2.32. The quantitative estimate of drug-likeness (QED) is 0.923. The van der Waals surface area contributed by atoms with Gasteiger partial charge >= 0.3 is 0 Å². The van der Waals surface area contributed by atoms with Gasteiger partial charge in [0, 0.05) is 23.7 Å². The normalized spacial score (nSPS) is 18.5. The first kappa shape index (κ1) is 16.5. The maximum absolute atomic E-state index is 12.5. The van der Waals surface area contributed by atoms with Crippen LogP contribution in [0, 0.1) is 5.92 Å². The van der Waals surface area contributed by atoms with E-state index in [4.69, 9.17) is 11.6 Å². The number of hydrogen-bond acceptors (Lipinski definition) is 2. The summed E-state index contributed by atoms with van der Waals surface area (Å²) >= 11 is 5.99. The number of carbonyl (C=O) groups is 2. The van der Waals surface area contributed by atoms with Crippen molar-refractivity contribution in [3.63, 3.8) is 0 Å². The number of carbonyl (C=O) groups excluding carboxylic acids is 2. The molecular weight excluding hydrogens is 324 g/mol. The van der Waals surface area contributed by atoms with Gasteiger partial charge in [0.15, 0.2) is 0 Å². The molecule has 1 aliphatic rings. The first-order chi connectivity index (χ1) is 11.5. The van der Waals surface area contributed by atoms with E-state index in [0.29, 0.717) is 11.6 Å². The van der Waals surface area contributed by atoms with Crippen molar-refractivity contribution in [1.82, 2.24) is 5.32 Å². The van der Waals surface area contributed by atoms with Gasteiger partial charge in [0.25, 0.3) is 0 Å². The van der Waals surface area contributed by atoms with Crippen molar-refractivity contribution in [2.45, 2.75) is 19.4 Å². The van der Waals surface area contributed by atoms with Gasteiger partial charge in [-0.15, -0.1) is 0 Å². The van der Waals surface area contributed by atoms with Crippen LogP contribution in [0.5, 0.6) is 0 Å². The molecule has 0 saturated carbocycles. The molecular formula is C19H19ClN2O2. The van der Waals surface area contributed by atoms with Gasteiger partial charge in [0.05, 0.1) is 12.0 Å². The van der Waals surface area contributed by atoms with Crippen LogP contribution in [0.15, 0.2) is 54.6 Å². The van der Waals surface area contributed by atoms with Gasteiger partial charge in [-0.2, -0.15) is 0 Å². The molecule has 0 spiro atoms. The van der Waals surface area contributed by atoms with Crippen LogP contribution in [0.25, 0.3) is 0 Å². The molecule has 0 aliphatic carbocycles. The molecule has 1 N–H and O–H groups in total. The van der Waals surface area contributed by atoms with Gasteiger partial charge in [0.2, 0.25) is 11.8 Å². The Hall–Kier alpha value is -2.33. The molecule has 0 radical (unpaired) electrons. The fourth-order valence-electron chi connectivity index (χ4n) is 2.93. The summed E-state index contributed by atoms with van der Waals surface area (Å²) < 4.78 is 0. The van der Waals surface area contributed by atoms with Crippen LogP contribution in [-0.2, 0) is 9.59 Å². The molecule has 1 aliphatic heterocycles. The summed E-state index contributed by atoms with van der Waals surface area (Å²) in [4.78, 5) is 26.4. The van der Waals surface area contributed by atoms with E-state index in [1.165, 1.54) is 0 Å². The molecule has 0 aromatic heterocycles. The predicted molar refractivity (Wildman–Crippen MR) is 94.9 cm³/mol. The molecule has 24 heavy (non-hydrogen) atoms. The molecule has 3 rings (SSSR count). The van der Waals surface area contributed by atoms with E-state index in [2.05, 4.69) is 5.32 Å². The third-order valence-electron chi connectivity index (χ3n) is 4.27. The lowest BCUT2D eigenvalue weighted by Gasteiger charge is -2.19. The largest absolute Gasteiger partial charge is 0.349 e. The highest BCUT2D eigenvalue weighted by atomic mass is 35.5. The van der Waals surface area contributed by atoms with Crippen LogP contribution in [-0.4, -0.2) is 18.4 Å². The lowest BCUT2D eigenvalue weighted by Crippen LogP contribution is -2.34. The molecule has 1 heterocycles. The Bertz CT molecular complexity index is 748. The zero-order valence-electron chi connectivity index (χ0n) is 13.4. The van der Waals surface area contributed by atoms with E-state index in [9.17, 15) is 9.59 Å². The Morgan fingerprint density at radius 1 is 1.21 bits per heavy atom. The monoisotopic (exact) mass is 342 g/mol. The highest BCUT2D eigenvalue weighted by Crippen LogP contribution is 2.27. The molecule has 2 atom stereocenters. The fraction of sp³-hybridized carbons (Fsp3) is 0.263. The molecule has 2 aromatic rings. The lowest BCUT2D eigenvalue weighted by atomic mass is 10.1. The van der Waals surface area contributed by atoms with Crippen molar-refractivity contribution < 1.29 is 9.59 Å². The first-order valence-electron chi connectivity index (χ1n) is 7.96. The molecule has 0 bridgehead atoms. The highest BCUT2D eigenvalue weighted by molar-refractivity contribution is 6.30. The number of hydrogen-bond donors (Lipinski definition) is 1. The minimum Gasteiger partial charge on any atom is -0.349 e. The number of anilines is 1. The molecule has 124 valence electrons. The standard InChI is InChI=1S/C19H19ClN2O2/c1-13(14-6-3-2-4-7-14)21-19(24)15-10-18(23)22(12-15)17-9-5-8-16(20)11-17/h2-9,11,13,15H,10,12H2,1H3,(H,21,24)/t13-,15-/m0/s1. The smallest absolute Gasteiger partial charge is 0.227 e. The van der Waals surface area contributed by atoms with Gasteiger partial charge < -0.3 is 10.2 Å². The van der Waals surface area contributed by atoms with E-state index in [-0.39, 0.29) is 30.2 Å². The van der Waals surface area contributed by atoms with Crippen LogP contribution in [0.1, 0.15) is 24.9 Å². The van der Waals surface area contributed by atoms with Crippen LogP contribution in [0.4, 0.5) is 5.69 Å². The molecule has 2 aromatic carbocycles. The van der Waals surface area contributed by atoms with Gasteiger partial charge in [-0.1, -0.05) is 48.0 Å². The van der Waals surface area contributed by atoms with Gasteiger partial charge in [-0.05, 0) is 30.7 Å². The minimum atomic E-state index is -0.345. The average Bonchev–Trinajstić information content (AvgIpc) is 2.97. The average molecular weight is 343 g/mol. The number of nitrogens with zero attached hydrogens (tertiary/aromatic N) is 1. The summed E-state index contributed by atoms with van der Waals surface area (Å²) in [6.07, 6.45) is 0.222. The van der Waals surface area contributed by atoms with Crippen LogP contribution >= 0.6 is 11.6 Å². The summed E-state index contributed by atoms with van der Waals surface area (Å²) in [5, 5.41) is 3.57. The Morgan fingerprint density at radius 2 is 1.96 bits per heavy atom. The third kappa shape index (κ3) is 3.60. The molecule has 4 nitrogen and oxygen atoms in total. The van der Waals surface area contributed by atoms with Crippen molar-refractivity contribution in [3.05, 3.63) is 65.2 Å². The van der Waals surface area contributed by atoms with E-state index in [1.54, 1.807) is 23.1 Å². The van der Waals surface area contributed by atoms with E-state index in [0.717, 1.165) is 11.3 Å². The summed E-state index contributed by atoms with van der Waals surface area (Å²) in [5.41, 5.74) is 1.78. The topological polar surface area (TPSA) is 49.4 Å². The molecule has 5 heteroatoms. The first-order valence-corrected chi connectivity index (χ1v) is 8.33. The number of amides is 2. The second-order valence-electron chi connectivity index (χ2n) is 6.03. The zero-order chi connectivity index (χ0) is 17.1. The number of halogens is 1. The van der Waals surface area contributed by atoms with Crippen molar-refractivity contribution in [2.24, 2.45) is 5.92 Å². The van der Waals surface area contributed by atoms with Crippen molar-refractivity contribution >= 4 is 29.1 Å². The van der Waals surface area contributed by atoms with E-state index in [1.807, 2.05) is 43.3 Å². The van der Waals surface area contributed by atoms with Crippen molar-refractivity contribution in [2.75, 3.05) is 11.4 Å². The maximum Gasteiger partial charge on any atom is 0.227 e. The molecule has 2 amide bonds. The second-order valence-corrected chi connectivity index (χ2v) is 6.46. The maximum atomic E-state index is 12.5. The van der Waals surface area contributed by atoms with Crippen LogP contribution in [0.3, 0.4) is 0 Å². The summed E-state index contributed by atoms with van der Waals surface area (Å²) in [5.74, 6) is -0.489. The number of nitrogens with one attached hydrogen (secondary N) is 1. The van der Waals surface area contributed by atoms with Crippen molar-refractivity contribution in [3.8, 4) is 0 Å². The Kier molecular flexibility index (Phi) is 4.86. The molecule has 1 saturated heterocycles. The third-order valence-corrected chi connectivity index (χ3v) is 4.51.